The number of carbonyl (C=O) groups is 2. The number of fused-ring (bicyclic) bond motifs is 2. The summed E-state index contributed by atoms with van der Waals surface area (Å²) in [6.07, 6.45) is 19.1. The van der Waals surface area contributed by atoms with Crippen LogP contribution in [0, 0.1) is 29.9 Å². The fourth-order valence-corrected chi connectivity index (χ4v) is 13.3. The maximum atomic E-state index is 14.5. The normalized spacial score (nSPS) is 18.8. The largest absolute Gasteiger partial charge is 0.471 e. The maximum absolute atomic E-state index is 14.5. The molecule has 17 heteroatoms. The number of pyridine rings is 2. The van der Waals surface area contributed by atoms with E-state index in [1.54, 1.807) is 29.8 Å². The first kappa shape index (κ1) is 61.7. The highest BCUT2D eigenvalue weighted by atomic mass is 35.5. The molecular weight excluding hydrogens is 1090 g/mol. The quantitative estimate of drug-likeness (QED) is 0.0650. The smallest absolute Gasteiger partial charge is 0.217 e. The minimum absolute atomic E-state index is 0.134. The van der Waals surface area contributed by atoms with Crippen LogP contribution in [0.15, 0.2) is 84.1 Å². The molecule has 2 aliphatic heterocycles. The Bertz CT molecular complexity index is 3020. The van der Waals surface area contributed by atoms with Crippen LogP contribution in [-0.2, 0) is 35.3 Å². The summed E-state index contributed by atoms with van der Waals surface area (Å²) in [5, 5.41) is 34.2. The second-order valence-corrected chi connectivity index (χ2v) is 27.1. The van der Waals surface area contributed by atoms with Gasteiger partial charge in [-0.15, -0.1) is 22.7 Å². The molecule has 4 aromatic heterocycles. The Labute approximate surface area is 490 Å². The Morgan fingerprint density at radius 2 is 1.20 bits per heavy atom. The Kier molecular flexibility index (Phi) is 20.8. The third-order valence-corrected chi connectivity index (χ3v) is 17.6. The number of aliphatic hydroxyl groups is 2. The number of nitrogens with one attached hydrogen (secondary N) is 2. The number of rotatable bonds is 18. The number of hydrogen-bond donors (Lipinski definition) is 4. The van der Waals surface area contributed by atoms with Crippen molar-refractivity contribution >= 4 is 46.1 Å². The van der Waals surface area contributed by atoms with E-state index in [0.717, 1.165) is 110 Å². The standard InChI is InChI=1S/C32H40FN3O3S.C28H36ClFN2O3.C4H5NS/c1-20(37)36-27(15-21-12-24(16-25(33)13-21)30-34-10-11-40-30)28(38)7-6-23-18-32(8-5-9-32)39-29-26(23)14-22(19-35-29)17-31(2,3)4;1-17(2)9-20-12-24-21(15-28(7-4-8-28)35-27(24)31-16-20)5-6-26(34)25(32-18(3)33)13-19-10-22(29)14-23(30)11-19;1-4-5-2-3-6-4/h10-14,16,19,23,27-28,38H,5-9,15,17-18H2,1-4H3,(H,36,37);10-12,14,16-17,21,25-26,34H,4-9,13,15H2,1-3H3,(H,32,33);2-3H,1H3/t23-,27-,28+;21-,25-,26+;/m00./s1. The van der Waals surface area contributed by atoms with Gasteiger partial charge in [0.15, 0.2) is 0 Å². The number of benzene rings is 2. The molecule has 2 fully saturated rings. The molecule has 0 bridgehead atoms. The van der Waals surface area contributed by atoms with Crippen LogP contribution in [0.5, 0.6) is 11.8 Å². The molecule has 2 saturated carbocycles. The lowest BCUT2D eigenvalue weighted by Crippen LogP contribution is -2.47. The lowest BCUT2D eigenvalue weighted by molar-refractivity contribution is -0.121. The maximum Gasteiger partial charge on any atom is 0.217 e. The number of halogens is 3. The zero-order chi connectivity index (χ0) is 58.1. The van der Waals surface area contributed by atoms with E-state index in [0.29, 0.717) is 53.3 Å². The fraction of sp³-hybridized carbons (Fsp3) is 0.531. The van der Waals surface area contributed by atoms with Gasteiger partial charge in [-0.1, -0.05) is 46.2 Å². The highest BCUT2D eigenvalue weighted by Gasteiger charge is 2.47. The van der Waals surface area contributed by atoms with E-state index >= 15 is 0 Å². The van der Waals surface area contributed by atoms with Gasteiger partial charge in [0.05, 0.1) is 29.3 Å². The number of aromatic nitrogens is 4. The molecule has 2 aliphatic carbocycles. The van der Waals surface area contributed by atoms with E-state index in [9.17, 15) is 28.6 Å². The molecule has 2 amide bonds. The fourth-order valence-electron chi connectivity index (χ4n) is 12.0. The van der Waals surface area contributed by atoms with Crippen molar-refractivity contribution in [1.29, 1.82) is 0 Å². The van der Waals surface area contributed by atoms with Gasteiger partial charge in [0.1, 0.15) is 27.8 Å². The van der Waals surface area contributed by atoms with Crippen molar-refractivity contribution in [3.8, 4) is 22.3 Å². The lowest BCUT2D eigenvalue weighted by atomic mass is 9.70. The van der Waals surface area contributed by atoms with Crippen LogP contribution in [0.25, 0.3) is 10.6 Å². The van der Waals surface area contributed by atoms with Crippen LogP contribution >= 0.6 is 34.3 Å². The van der Waals surface area contributed by atoms with E-state index in [1.807, 2.05) is 36.1 Å². The SMILES string of the molecule is CC(=O)N[C@@H](Cc1cc(F)cc(-c2nccs2)c1)[C@H](O)CC[C@H]1CC2(CCC2)Oc2ncc(CC(C)(C)C)cc21.CC(=O)N[C@@H](Cc1cc(F)cc(Cl)c1)[C@H](O)CC[C@H]1CC2(CCC2)Oc2ncc(CC(C)C)cc21.Cc1nccs1. The lowest BCUT2D eigenvalue weighted by Gasteiger charge is -2.47. The van der Waals surface area contributed by atoms with Gasteiger partial charge in [-0.3, -0.25) is 14.6 Å². The van der Waals surface area contributed by atoms with Crippen molar-refractivity contribution in [2.24, 2.45) is 11.3 Å². The van der Waals surface area contributed by atoms with Crippen LogP contribution in [0.4, 0.5) is 8.78 Å². The molecule has 0 unspecified atom stereocenters. The zero-order valence-electron chi connectivity index (χ0n) is 48.2. The summed E-state index contributed by atoms with van der Waals surface area (Å²) >= 11 is 9.12. The summed E-state index contributed by atoms with van der Waals surface area (Å²) in [5.41, 5.74) is 6.57. The van der Waals surface area contributed by atoms with Gasteiger partial charge < -0.3 is 30.3 Å². The van der Waals surface area contributed by atoms with E-state index in [-0.39, 0.29) is 46.1 Å². The van der Waals surface area contributed by atoms with E-state index < -0.39 is 30.1 Å². The van der Waals surface area contributed by atoms with Crippen LogP contribution in [0.1, 0.15) is 176 Å². The van der Waals surface area contributed by atoms with E-state index in [2.05, 4.69) is 72.3 Å². The van der Waals surface area contributed by atoms with Gasteiger partial charge in [0.2, 0.25) is 23.6 Å². The molecule has 0 radical (unpaired) electrons. The summed E-state index contributed by atoms with van der Waals surface area (Å²) in [4.78, 5) is 41.6. The Balaban J connectivity index is 0.000000194. The van der Waals surface area contributed by atoms with Gasteiger partial charge in [-0.2, -0.15) is 0 Å². The highest BCUT2D eigenvalue weighted by Crippen LogP contribution is 2.52. The predicted molar refractivity (Wildman–Crippen MR) is 318 cm³/mol. The average Bonchev–Trinajstić information content (AvgIpc) is 3.70. The number of hydrogen-bond acceptors (Lipinski definition) is 12. The van der Waals surface area contributed by atoms with Gasteiger partial charge >= 0.3 is 0 Å². The Morgan fingerprint density at radius 3 is 1.63 bits per heavy atom. The summed E-state index contributed by atoms with van der Waals surface area (Å²) in [7, 11) is 0. The minimum atomic E-state index is -0.787. The van der Waals surface area contributed by atoms with Gasteiger partial charge in [0.25, 0.3) is 0 Å². The first-order chi connectivity index (χ1) is 38.5. The molecule has 6 atom stereocenters. The third kappa shape index (κ3) is 17.6. The molecule has 2 spiro atoms. The van der Waals surface area contributed by atoms with Crippen molar-refractivity contribution < 1.29 is 38.1 Å². The van der Waals surface area contributed by atoms with Crippen molar-refractivity contribution in [3.05, 3.63) is 139 Å². The third-order valence-electron chi connectivity index (χ3n) is 15.9. The molecule has 6 heterocycles. The Morgan fingerprint density at radius 1 is 0.691 bits per heavy atom. The van der Waals surface area contributed by atoms with Crippen LogP contribution in [0.3, 0.4) is 0 Å². The Hall–Kier alpha value is -5.39. The predicted octanol–water partition coefficient (Wildman–Crippen LogP) is 13.8. The number of aryl methyl sites for hydroxylation is 1. The molecule has 436 valence electrons. The number of ether oxygens (including phenoxy) is 2. The summed E-state index contributed by atoms with van der Waals surface area (Å²) in [6, 6.07) is 12.5. The van der Waals surface area contributed by atoms with Crippen molar-refractivity contribution in [3.63, 3.8) is 0 Å². The summed E-state index contributed by atoms with van der Waals surface area (Å²) < 4.78 is 41.2. The molecule has 81 heavy (non-hydrogen) atoms. The van der Waals surface area contributed by atoms with Crippen LogP contribution in [-0.4, -0.2) is 77.5 Å². The molecular formula is C64H81ClF2N6O6S2. The molecule has 6 aromatic rings. The number of amides is 2. The number of thiazole rings is 2. The highest BCUT2D eigenvalue weighted by molar-refractivity contribution is 7.13. The molecule has 4 N–H and O–H groups in total. The number of aliphatic hydroxyl groups excluding tert-OH is 2. The second kappa shape index (κ2) is 27.3. The molecule has 0 saturated heterocycles. The van der Waals surface area contributed by atoms with Crippen LogP contribution < -0.4 is 20.1 Å². The minimum Gasteiger partial charge on any atom is -0.471 e. The summed E-state index contributed by atoms with van der Waals surface area (Å²) in [6.45, 7) is 15.9. The van der Waals surface area contributed by atoms with E-state index in [4.69, 9.17) is 26.1 Å². The van der Waals surface area contributed by atoms with Gasteiger partial charge in [-0.25, -0.2) is 23.7 Å². The zero-order valence-corrected chi connectivity index (χ0v) is 50.6. The molecule has 12 nitrogen and oxygen atoms in total. The second-order valence-electron chi connectivity index (χ2n) is 24.7. The van der Waals surface area contributed by atoms with E-state index in [1.165, 1.54) is 60.6 Å². The molecule has 2 aromatic carbocycles. The van der Waals surface area contributed by atoms with Crippen molar-refractivity contribution in [1.82, 2.24) is 30.6 Å². The number of nitrogens with zero attached hydrogens (tertiary/aromatic N) is 4. The van der Waals surface area contributed by atoms with Gasteiger partial charge in [-0.05, 0) is 204 Å². The monoisotopic (exact) mass is 1170 g/mol. The van der Waals surface area contributed by atoms with Crippen LogP contribution in [0.2, 0.25) is 5.02 Å². The first-order valence-corrected chi connectivity index (χ1v) is 30.9. The summed E-state index contributed by atoms with van der Waals surface area (Å²) in [5.74, 6) is 1.20. The van der Waals surface area contributed by atoms with Crippen molar-refractivity contribution in [2.45, 2.75) is 205 Å². The molecule has 4 aliphatic rings. The number of carbonyl (C=O) groups excluding carboxylic acids is 2. The topological polar surface area (TPSA) is 169 Å². The van der Waals surface area contributed by atoms with Gasteiger partial charge in [0, 0.05) is 71.1 Å². The first-order valence-electron chi connectivity index (χ1n) is 28.8. The average molecular weight is 1170 g/mol. The molecule has 10 rings (SSSR count). The van der Waals surface area contributed by atoms with Crippen molar-refractivity contribution in [2.75, 3.05) is 0 Å².